The Bertz CT molecular complexity index is 445. The summed E-state index contributed by atoms with van der Waals surface area (Å²) < 4.78 is 21.7. The van der Waals surface area contributed by atoms with Crippen molar-refractivity contribution < 1.29 is 34.0 Å². The third kappa shape index (κ3) is 7.32. The highest BCUT2D eigenvalue weighted by Crippen LogP contribution is 2.30. The van der Waals surface area contributed by atoms with Gasteiger partial charge in [-0.2, -0.15) is 0 Å². The number of cyclic esters (lactones) is 1. The molecule has 0 aliphatic carbocycles. The number of hydrogen-bond donors (Lipinski definition) is 2. The summed E-state index contributed by atoms with van der Waals surface area (Å²) in [5.74, 6) is -0.426. The number of carbonyl (C=O) groups is 1. The molecule has 0 aromatic carbocycles. The molecule has 0 aromatic rings. The van der Waals surface area contributed by atoms with Crippen molar-refractivity contribution in [2.24, 2.45) is 5.92 Å². The van der Waals surface area contributed by atoms with Crippen molar-refractivity contribution in [3.05, 3.63) is 11.6 Å². The van der Waals surface area contributed by atoms with E-state index in [-0.39, 0.29) is 42.9 Å². The highest BCUT2D eigenvalue weighted by atomic mass is 16.5. The maximum Gasteiger partial charge on any atom is 0.330 e. The molecular formula is C19H34O7. The lowest BCUT2D eigenvalue weighted by Crippen LogP contribution is -2.39. The minimum absolute atomic E-state index is 0.0605. The summed E-state index contributed by atoms with van der Waals surface area (Å²) in [4.78, 5) is 12.0. The van der Waals surface area contributed by atoms with Crippen molar-refractivity contribution in [1.29, 1.82) is 0 Å². The van der Waals surface area contributed by atoms with E-state index >= 15 is 0 Å². The Labute approximate surface area is 156 Å². The summed E-state index contributed by atoms with van der Waals surface area (Å²) in [6.45, 7) is 3.60. The molecule has 26 heavy (non-hydrogen) atoms. The van der Waals surface area contributed by atoms with E-state index in [0.717, 1.165) is 5.57 Å². The van der Waals surface area contributed by atoms with E-state index in [1.807, 2.05) is 6.92 Å². The number of ether oxygens (including phenoxy) is 4. The van der Waals surface area contributed by atoms with Crippen LogP contribution in [0.2, 0.25) is 0 Å². The van der Waals surface area contributed by atoms with Crippen LogP contribution < -0.4 is 0 Å². The van der Waals surface area contributed by atoms with Gasteiger partial charge in [-0.25, -0.2) is 4.79 Å². The van der Waals surface area contributed by atoms with Crippen LogP contribution in [-0.4, -0.2) is 74.6 Å². The third-order valence-electron chi connectivity index (χ3n) is 4.99. The van der Waals surface area contributed by atoms with E-state index in [2.05, 4.69) is 0 Å². The van der Waals surface area contributed by atoms with Crippen molar-refractivity contribution in [1.82, 2.24) is 0 Å². The monoisotopic (exact) mass is 374 g/mol. The molecule has 0 amide bonds. The highest BCUT2D eigenvalue weighted by molar-refractivity contribution is 5.83. The van der Waals surface area contributed by atoms with Crippen molar-refractivity contribution in [2.45, 2.75) is 70.1 Å². The van der Waals surface area contributed by atoms with Crippen LogP contribution in [0, 0.1) is 5.92 Å². The lowest BCUT2D eigenvalue weighted by molar-refractivity contribution is -0.151. The molecule has 0 saturated heterocycles. The second-order valence-electron chi connectivity index (χ2n) is 7.04. The Morgan fingerprint density at radius 1 is 1.15 bits per heavy atom. The Kier molecular flexibility index (Phi) is 10.3. The quantitative estimate of drug-likeness (QED) is 0.499. The van der Waals surface area contributed by atoms with E-state index < -0.39 is 6.10 Å². The number of methoxy groups -OCH3 is 3. The topological polar surface area (TPSA) is 94.5 Å². The van der Waals surface area contributed by atoms with Crippen LogP contribution in [0.25, 0.3) is 0 Å². The fourth-order valence-corrected chi connectivity index (χ4v) is 3.35. The average Bonchev–Trinajstić information content (AvgIpc) is 2.61. The number of esters is 1. The van der Waals surface area contributed by atoms with E-state index in [1.54, 1.807) is 28.3 Å². The zero-order valence-electron chi connectivity index (χ0n) is 16.5. The largest absolute Gasteiger partial charge is 0.458 e. The van der Waals surface area contributed by atoms with E-state index in [0.29, 0.717) is 25.7 Å². The number of aliphatic hydroxyl groups excluding tert-OH is 2. The molecule has 1 rings (SSSR count). The second kappa shape index (κ2) is 11.7. The SMILES string of the molecule is CO[C@H](CO)C[C@H](OC)[C@@H](C)[C@H]1CC(C[C@@H](CC(C)O)OC)=CC(=O)O1. The van der Waals surface area contributed by atoms with Gasteiger partial charge in [-0.05, 0) is 19.8 Å². The summed E-state index contributed by atoms with van der Waals surface area (Å²) in [6, 6.07) is 0. The number of carbonyl (C=O) groups excluding carboxylic acids is 1. The highest BCUT2D eigenvalue weighted by Gasteiger charge is 2.33. The molecular weight excluding hydrogens is 340 g/mol. The van der Waals surface area contributed by atoms with Gasteiger partial charge in [0.15, 0.2) is 0 Å². The maximum absolute atomic E-state index is 12.0. The second-order valence-corrected chi connectivity index (χ2v) is 7.04. The molecule has 0 spiro atoms. The molecule has 6 atom stereocenters. The number of aliphatic hydroxyl groups is 2. The lowest BCUT2D eigenvalue weighted by atomic mass is 9.87. The summed E-state index contributed by atoms with van der Waals surface area (Å²) in [5, 5.41) is 18.9. The Hall–Kier alpha value is -0.990. The maximum atomic E-state index is 12.0. The fourth-order valence-electron chi connectivity index (χ4n) is 3.35. The van der Waals surface area contributed by atoms with Gasteiger partial charge in [-0.1, -0.05) is 12.5 Å². The van der Waals surface area contributed by atoms with Crippen molar-refractivity contribution in [2.75, 3.05) is 27.9 Å². The molecule has 7 nitrogen and oxygen atoms in total. The van der Waals surface area contributed by atoms with Crippen molar-refractivity contribution >= 4 is 5.97 Å². The average molecular weight is 374 g/mol. The predicted octanol–water partition coefficient (Wildman–Crippen LogP) is 1.45. The van der Waals surface area contributed by atoms with Gasteiger partial charge in [-0.15, -0.1) is 0 Å². The molecule has 0 aromatic heterocycles. The first-order valence-electron chi connectivity index (χ1n) is 9.11. The smallest absolute Gasteiger partial charge is 0.330 e. The number of rotatable bonds is 12. The van der Waals surface area contributed by atoms with Crippen LogP contribution in [-0.2, 0) is 23.7 Å². The standard InChI is InChI=1S/C19H34O7/c1-12(21)6-15(23-3)7-14-8-18(26-19(22)9-14)13(2)17(25-5)10-16(11-20)24-4/h9,12-13,15-18,20-21H,6-8,10-11H2,1-5H3/t12?,13-,15-,16+,17+,18-/m1/s1. The Balaban J connectivity index is 2.75. The molecule has 0 saturated carbocycles. The van der Waals surface area contributed by atoms with Crippen LogP contribution in [0.4, 0.5) is 0 Å². The fraction of sp³-hybridized carbons (Fsp3) is 0.842. The molecule has 1 unspecified atom stereocenters. The first kappa shape index (κ1) is 23.0. The molecule has 2 N–H and O–H groups in total. The van der Waals surface area contributed by atoms with Crippen LogP contribution in [0.5, 0.6) is 0 Å². The summed E-state index contributed by atoms with van der Waals surface area (Å²) in [5.41, 5.74) is 0.950. The minimum Gasteiger partial charge on any atom is -0.458 e. The minimum atomic E-state index is -0.465. The molecule has 1 heterocycles. The van der Waals surface area contributed by atoms with Gasteiger partial charge in [0.25, 0.3) is 0 Å². The van der Waals surface area contributed by atoms with Gasteiger partial charge in [0, 0.05) is 46.2 Å². The molecule has 1 aliphatic heterocycles. The lowest BCUT2D eigenvalue weighted by Gasteiger charge is -2.34. The van der Waals surface area contributed by atoms with E-state index in [4.69, 9.17) is 18.9 Å². The van der Waals surface area contributed by atoms with Gasteiger partial charge in [0.05, 0.1) is 31.0 Å². The van der Waals surface area contributed by atoms with Gasteiger partial charge >= 0.3 is 5.97 Å². The molecule has 152 valence electrons. The molecule has 0 fully saturated rings. The van der Waals surface area contributed by atoms with Gasteiger partial charge in [-0.3, -0.25) is 0 Å². The van der Waals surface area contributed by atoms with E-state index in [9.17, 15) is 15.0 Å². The summed E-state index contributed by atoms with van der Waals surface area (Å²) in [7, 11) is 4.76. The summed E-state index contributed by atoms with van der Waals surface area (Å²) in [6.07, 6.45) is 2.27. The van der Waals surface area contributed by atoms with Gasteiger partial charge in [0.1, 0.15) is 6.10 Å². The van der Waals surface area contributed by atoms with Crippen LogP contribution in [0.1, 0.15) is 39.5 Å². The van der Waals surface area contributed by atoms with Crippen molar-refractivity contribution in [3.63, 3.8) is 0 Å². The van der Waals surface area contributed by atoms with Crippen LogP contribution in [0.15, 0.2) is 11.6 Å². The Morgan fingerprint density at radius 2 is 1.81 bits per heavy atom. The van der Waals surface area contributed by atoms with Crippen LogP contribution >= 0.6 is 0 Å². The van der Waals surface area contributed by atoms with Crippen LogP contribution in [0.3, 0.4) is 0 Å². The van der Waals surface area contributed by atoms with Crippen molar-refractivity contribution in [3.8, 4) is 0 Å². The Morgan fingerprint density at radius 3 is 2.31 bits per heavy atom. The molecule has 7 heteroatoms. The molecule has 0 radical (unpaired) electrons. The number of hydrogen-bond acceptors (Lipinski definition) is 7. The zero-order valence-corrected chi connectivity index (χ0v) is 16.5. The summed E-state index contributed by atoms with van der Waals surface area (Å²) >= 11 is 0. The normalized spacial score (nSPS) is 23.6. The third-order valence-corrected chi connectivity index (χ3v) is 4.99. The molecule has 0 bridgehead atoms. The first-order chi connectivity index (χ1) is 12.3. The zero-order chi connectivity index (χ0) is 19.7. The predicted molar refractivity (Wildman–Crippen MR) is 96.8 cm³/mol. The van der Waals surface area contributed by atoms with Gasteiger partial charge in [0.2, 0.25) is 0 Å². The van der Waals surface area contributed by atoms with Gasteiger partial charge < -0.3 is 29.2 Å². The van der Waals surface area contributed by atoms with E-state index in [1.165, 1.54) is 6.08 Å². The first-order valence-corrected chi connectivity index (χ1v) is 9.11. The molecule has 1 aliphatic rings.